The van der Waals surface area contributed by atoms with Gasteiger partial charge >= 0.3 is 5.97 Å². The smallest absolute Gasteiger partial charge is 0.329 e. The Hall–Kier alpha value is -2.24. The first kappa shape index (κ1) is 14.2. The predicted molar refractivity (Wildman–Crippen MR) is 71.2 cm³/mol. The van der Waals surface area contributed by atoms with Crippen molar-refractivity contribution >= 4 is 11.9 Å². The van der Waals surface area contributed by atoms with Gasteiger partial charge in [-0.05, 0) is 37.5 Å². The molecule has 0 aromatic heterocycles. The summed E-state index contributed by atoms with van der Waals surface area (Å²) in [6.07, 6.45) is 1.72. The van der Waals surface area contributed by atoms with Gasteiger partial charge in [0.05, 0.1) is 14.2 Å². The van der Waals surface area contributed by atoms with Gasteiger partial charge in [0.15, 0.2) is 11.5 Å². The number of carbonyl (C=O) groups is 2. The molecule has 6 nitrogen and oxygen atoms in total. The molecule has 1 aromatic rings. The van der Waals surface area contributed by atoms with Gasteiger partial charge in [-0.1, -0.05) is 0 Å². The van der Waals surface area contributed by atoms with Crippen LogP contribution < -0.4 is 14.8 Å². The lowest BCUT2D eigenvalue weighted by molar-refractivity contribution is -0.148. The number of methoxy groups -OCH3 is 2. The van der Waals surface area contributed by atoms with Gasteiger partial charge in [0.1, 0.15) is 5.54 Å². The molecule has 0 saturated heterocycles. The molecule has 2 rings (SSSR count). The number of nitrogens with one attached hydrogen (secondary N) is 1. The molecular weight excluding hydrogens is 262 g/mol. The van der Waals surface area contributed by atoms with Crippen LogP contribution in [-0.2, 0) is 4.79 Å². The van der Waals surface area contributed by atoms with Gasteiger partial charge in [-0.15, -0.1) is 0 Å². The van der Waals surface area contributed by atoms with Gasteiger partial charge in [0.2, 0.25) is 0 Å². The van der Waals surface area contributed by atoms with E-state index in [0.717, 1.165) is 6.42 Å². The number of rotatable bonds is 5. The predicted octanol–water partition coefficient (Wildman–Crippen LogP) is 1.44. The van der Waals surface area contributed by atoms with E-state index in [2.05, 4.69) is 5.32 Å². The third-order valence-corrected chi connectivity index (χ3v) is 3.62. The van der Waals surface area contributed by atoms with Crippen molar-refractivity contribution in [1.82, 2.24) is 5.32 Å². The van der Waals surface area contributed by atoms with Crippen LogP contribution in [0.4, 0.5) is 0 Å². The van der Waals surface area contributed by atoms with E-state index in [4.69, 9.17) is 9.47 Å². The largest absolute Gasteiger partial charge is 0.493 e. The average Bonchev–Trinajstić information content (AvgIpc) is 2.41. The summed E-state index contributed by atoms with van der Waals surface area (Å²) in [5, 5.41) is 11.8. The highest BCUT2D eigenvalue weighted by atomic mass is 16.5. The Morgan fingerprint density at radius 1 is 1.20 bits per heavy atom. The van der Waals surface area contributed by atoms with Crippen LogP contribution >= 0.6 is 0 Å². The van der Waals surface area contributed by atoms with Crippen LogP contribution in [0.2, 0.25) is 0 Å². The Morgan fingerprint density at radius 3 is 2.30 bits per heavy atom. The molecule has 0 spiro atoms. The summed E-state index contributed by atoms with van der Waals surface area (Å²) in [5.74, 6) is -0.468. The van der Waals surface area contributed by atoms with Crippen molar-refractivity contribution in [3.05, 3.63) is 23.8 Å². The van der Waals surface area contributed by atoms with Crippen molar-refractivity contribution in [3.8, 4) is 11.5 Å². The quantitative estimate of drug-likeness (QED) is 0.852. The first-order chi connectivity index (χ1) is 9.52. The molecule has 0 bridgehead atoms. The Balaban J connectivity index is 2.19. The minimum absolute atomic E-state index is 0.343. The van der Waals surface area contributed by atoms with E-state index in [1.165, 1.54) is 20.3 Å². The van der Waals surface area contributed by atoms with Crippen molar-refractivity contribution < 1.29 is 24.2 Å². The molecule has 0 atom stereocenters. The van der Waals surface area contributed by atoms with Crippen molar-refractivity contribution in [3.63, 3.8) is 0 Å². The molecular formula is C14H17NO5. The molecule has 1 fully saturated rings. The summed E-state index contributed by atoms with van der Waals surface area (Å²) in [6.45, 7) is 0. The summed E-state index contributed by atoms with van der Waals surface area (Å²) in [4.78, 5) is 23.4. The standard InChI is InChI=1S/C14H17NO5/c1-19-10-5-4-9(8-11(10)20-2)12(16)15-14(13(17)18)6-3-7-14/h4-5,8H,3,6-7H2,1-2H3,(H,15,16)(H,17,18). The molecule has 20 heavy (non-hydrogen) atoms. The maximum absolute atomic E-state index is 12.2. The third-order valence-electron chi connectivity index (χ3n) is 3.62. The molecule has 1 aliphatic rings. The molecule has 2 N–H and O–H groups in total. The van der Waals surface area contributed by atoms with Crippen LogP contribution in [-0.4, -0.2) is 36.7 Å². The summed E-state index contributed by atoms with van der Waals surface area (Å²) in [7, 11) is 2.98. The van der Waals surface area contributed by atoms with Crippen LogP contribution in [0, 0.1) is 0 Å². The second-order valence-electron chi connectivity index (χ2n) is 4.76. The number of ether oxygens (including phenoxy) is 2. The first-order valence-electron chi connectivity index (χ1n) is 6.30. The van der Waals surface area contributed by atoms with Gasteiger partial charge in [-0.3, -0.25) is 4.79 Å². The number of amides is 1. The molecule has 6 heteroatoms. The number of carboxylic acid groups (broad SMARTS) is 1. The molecule has 1 aliphatic carbocycles. The highest BCUT2D eigenvalue weighted by Crippen LogP contribution is 2.33. The second-order valence-corrected chi connectivity index (χ2v) is 4.76. The van der Waals surface area contributed by atoms with Gasteiger partial charge in [0, 0.05) is 5.56 Å². The van der Waals surface area contributed by atoms with E-state index in [1.54, 1.807) is 12.1 Å². The zero-order valence-electron chi connectivity index (χ0n) is 11.4. The van der Waals surface area contributed by atoms with Gasteiger partial charge in [-0.25, -0.2) is 4.79 Å². The van der Waals surface area contributed by atoms with Gasteiger partial charge < -0.3 is 19.9 Å². The normalized spacial score (nSPS) is 15.9. The fourth-order valence-corrected chi connectivity index (χ4v) is 2.19. The van der Waals surface area contributed by atoms with E-state index in [1.807, 2.05) is 0 Å². The Labute approximate surface area is 116 Å². The van der Waals surface area contributed by atoms with Crippen molar-refractivity contribution in [2.75, 3.05) is 14.2 Å². The SMILES string of the molecule is COc1ccc(C(=O)NC2(C(=O)O)CCC2)cc1OC. The Kier molecular flexibility index (Phi) is 3.83. The monoisotopic (exact) mass is 279 g/mol. The van der Waals surface area contributed by atoms with Crippen molar-refractivity contribution in [2.45, 2.75) is 24.8 Å². The van der Waals surface area contributed by atoms with E-state index >= 15 is 0 Å². The molecule has 108 valence electrons. The van der Waals surface area contributed by atoms with E-state index in [-0.39, 0.29) is 0 Å². The van der Waals surface area contributed by atoms with E-state index < -0.39 is 17.4 Å². The van der Waals surface area contributed by atoms with Crippen LogP contribution in [0.1, 0.15) is 29.6 Å². The number of aliphatic carboxylic acids is 1. The average molecular weight is 279 g/mol. The topological polar surface area (TPSA) is 84.9 Å². The lowest BCUT2D eigenvalue weighted by Crippen LogP contribution is -2.59. The fourth-order valence-electron chi connectivity index (χ4n) is 2.19. The molecule has 0 radical (unpaired) electrons. The number of hydrogen-bond donors (Lipinski definition) is 2. The Bertz CT molecular complexity index is 536. The highest BCUT2D eigenvalue weighted by Gasteiger charge is 2.45. The summed E-state index contributed by atoms with van der Waals surface area (Å²) in [6, 6.07) is 4.72. The maximum Gasteiger partial charge on any atom is 0.329 e. The fraction of sp³-hybridized carbons (Fsp3) is 0.429. The third kappa shape index (κ3) is 2.41. The lowest BCUT2D eigenvalue weighted by Gasteiger charge is -2.38. The van der Waals surface area contributed by atoms with Gasteiger partial charge in [-0.2, -0.15) is 0 Å². The molecule has 1 saturated carbocycles. The number of carbonyl (C=O) groups excluding carboxylic acids is 1. The zero-order chi connectivity index (χ0) is 14.8. The first-order valence-corrected chi connectivity index (χ1v) is 6.30. The number of carboxylic acids is 1. The van der Waals surface area contributed by atoms with Crippen LogP contribution in [0.3, 0.4) is 0 Å². The lowest BCUT2D eigenvalue weighted by atomic mass is 9.76. The summed E-state index contributed by atoms with van der Waals surface area (Å²) >= 11 is 0. The molecule has 0 heterocycles. The minimum Gasteiger partial charge on any atom is -0.493 e. The van der Waals surface area contributed by atoms with Crippen LogP contribution in [0.15, 0.2) is 18.2 Å². The van der Waals surface area contributed by atoms with Gasteiger partial charge in [0.25, 0.3) is 5.91 Å². The van der Waals surface area contributed by atoms with Crippen LogP contribution in [0.25, 0.3) is 0 Å². The van der Waals surface area contributed by atoms with E-state index in [9.17, 15) is 14.7 Å². The summed E-state index contributed by atoms with van der Waals surface area (Å²) in [5.41, 5.74) is -0.778. The zero-order valence-corrected chi connectivity index (χ0v) is 11.4. The number of benzene rings is 1. The maximum atomic E-state index is 12.2. The highest BCUT2D eigenvalue weighted by molar-refractivity contribution is 5.98. The Morgan fingerprint density at radius 2 is 1.85 bits per heavy atom. The molecule has 1 amide bonds. The van der Waals surface area contributed by atoms with E-state index in [0.29, 0.717) is 29.9 Å². The molecule has 0 unspecified atom stereocenters. The second kappa shape index (κ2) is 5.40. The molecule has 1 aromatic carbocycles. The van der Waals surface area contributed by atoms with Crippen molar-refractivity contribution in [2.24, 2.45) is 0 Å². The van der Waals surface area contributed by atoms with Crippen LogP contribution in [0.5, 0.6) is 11.5 Å². The molecule has 0 aliphatic heterocycles. The summed E-state index contributed by atoms with van der Waals surface area (Å²) < 4.78 is 10.2. The number of hydrogen-bond acceptors (Lipinski definition) is 4. The minimum atomic E-state index is -1.12. The van der Waals surface area contributed by atoms with Crippen molar-refractivity contribution in [1.29, 1.82) is 0 Å².